The van der Waals surface area contributed by atoms with Gasteiger partial charge in [-0.15, -0.1) is 0 Å². The Morgan fingerprint density at radius 3 is 2.78 bits per heavy atom. The third kappa shape index (κ3) is 1.16. The molecule has 9 heavy (non-hydrogen) atoms. The van der Waals surface area contributed by atoms with Crippen molar-refractivity contribution in [3.05, 3.63) is 11.9 Å². The fraction of sp³-hybridized carbons (Fsp3) is 0.667. The third-order valence-corrected chi connectivity index (χ3v) is 1.71. The molecule has 3 heteroatoms. The molecule has 0 saturated heterocycles. The average molecular weight is 127 g/mol. The minimum atomic E-state index is 0.384. The lowest BCUT2D eigenvalue weighted by molar-refractivity contribution is 0.236. The Kier molecular flexibility index (Phi) is 1.62. The summed E-state index contributed by atoms with van der Waals surface area (Å²) in [6, 6.07) is 0. The Morgan fingerprint density at radius 2 is 2.33 bits per heavy atom. The molecule has 0 aromatic carbocycles. The summed E-state index contributed by atoms with van der Waals surface area (Å²) in [7, 11) is 2.06. The van der Waals surface area contributed by atoms with E-state index in [2.05, 4.69) is 36.6 Å². The molecule has 1 aliphatic heterocycles. The molecule has 0 aromatic rings. The molecule has 1 aliphatic rings. The van der Waals surface area contributed by atoms with Crippen LogP contribution in [0, 0.1) is 0 Å². The molecule has 0 spiro atoms. The number of hydrazine groups is 1. The normalized spacial score (nSPS) is 27.2. The van der Waals surface area contributed by atoms with Gasteiger partial charge in [0.1, 0.15) is 0 Å². The second-order valence-corrected chi connectivity index (χ2v) is 2.36. The van der Waals surface area contributed by atoms with Gasteiger partial charge in [-0.25, -0.2) is 5.43 Å². The van der Waals surface area contributed by atoms with Gasteiger partial charge in [0.25, 0.3) is 0 Å². The van der Waals surface area contributed by atoms with Gasteiger partial charge in [0.15, 0.2) is 0 Å². The van der Waals surface area contributed by atoms with Crippen LogP contribution in [0.2, 0.25) is 0 Å². The van der Waals surface area contributed by atoms with Crippen LogP contribution in [0.15, 0.2) is 11.9 Å². The highest BCUT2D eigenvalue weighted by molar-refractivity contribution is 4.98. The van der Waals surface area contributed by atoms with Gasteiger partial charge >= 0.3 is 0 Å². The molecule has 0 radical (unpaired) electrons. The van der Waals surface area contributed by atoms with Crippen molar-refractivity contribution in [1.82, 2.24) is 15.8 Å². The Morgan fingerprint density at radius 1 is 1.67 bits per heavy atom. The van der Waals surface area contributed by atoms with Crippen molar-refractivity contribution in [2.75, 3.05) is 7.05 Å². The van der Waals surface area contributed by atoms with Crippen LogP contribution in [0.25, 0.3) is 0 Å². The first kappa shape index (κ1) is 6.42. The molecule has 0 fully saturated rings. The van der Waals surface area contributed by atoms with Gasteiger partial charge in [0, 0.05) is 18.9 Å². The first-order valence-corrected chi connectivity index (χ1v) is 3.12. The summed E-state index contributed by atoms with van der Waals surface area (Å²) in [5.74, 6) is 0. The van der Waals surface area contributed by atoms with E-state index in [1.54, 1.807) is 0 Å². The zero-order chi connectivity index (χ0) is 6.85. The molecule has 1 heterocycles. The van der Waals surface area contributed by atoms with Crippen LogP contribution in [-0.4, -0.2) is 18.1 Å². The fourth-order valence-electron chi connectivity index (χ4n) is 0.771. The van der Waals surface area contributed by atoms with E-state index >= 15 is 0 Å². The summed E-state index contributed by atoms with van der Waals surface area (Å²) in [5, 5.41) is 0. The molecule has 1 rings (SSSR count). The Bertz CT molecular complexity index is 130. The molecule has 3 nitrogen and oxygen atoms in total. The van der Waals surface area contributed by atoms with Crippen LogP contribution in [0.5, 0.6) is 0 Å². The molecule has 52 valence electrons. The van der Waals surface area contributed by atoms with Crippen molar-refractivity contribution in [1.29, 1.82) is 0 Å². The van der Waals surface area contributed by atoms with E-state index in [9.17, 15) is 0 Å². The molecule has 1 unspecified atom stereocenters. The number of hydrogen-bond acceptors (Lipinski definition) is 3. The summed E-state index contributed by atoms with van der Waals surface area (Å²) in [6.07, 6.45) is 2.33. The number of nitrogens with zero attached hydrogens (tertiary/aromatic N) is 1. The van der Waals surface area contributed by atoms with Crippen molar-refractivity contribution in [2.24, 2.45) is 0 Å². The SMILES string of the molecule is CC1=CNNC(C)N1C. The van der Waals surface area contributed by atoms with Gasteiger partial charge in [-0.2, -0.15) is 0 Å². The summed E-state index contributed by atoms with van der Waals surface area (Å²) < 4.78 is 0. The van der Waals surface area contributed by atoms with Crippen molar-refractivity contribution >= 4 is 0 Å². The second kappa shape index (κ2) is 2.27. The first-order chi connectivity index (χ1) is 4.22. The van der Waals surface area contributed by atoms with Crippen LogP contribution in [-0.2, 0) is 0 Å². The standard InChI is InChI=1S/C6H13N3/c1-5-4-7-8-6(2)9(5)3/h4,6-8H,1-3H3. The Labute approximate surface area is 55.7 Å². The van der Waals surface area contributed by atoms with Crippen LogP contribution in [0.1, 0.15) is 13.8 Å². The lowest BCUT2D eigenvalue weighted by Crippen LogP contribution is -2.49. The first-order valence-electron chi connectivity index (χ1n) is 3.12. The highest BCUT2D eigenvalue weighted by atomic mass is 15.5. The van der Waals surface area contributed by atoms with E-state index in [-0.39, 0.29) is 0 Å². The lowest BCUT2D eigenvalue weighted by atomic mass is 10.4. The van der Waals surface area contributed by atoms with Gasteiger partial charge in [-0.3, -0.25) is 0 Å². The zero-order valence-corrected chi connectivity index (χ0v) is 6.10. The van der Waals surface area contributed by atoms with E-state index < -0.39 is 0 Å². The van der Waals surface area contributed by atoms with Crippen molar-refractivity contribution in [3.8, 4) is 0 Å². The van der Waals surface area contributed by atoms with E-state index in [1.165, 1.54) is 5.70 Å². The molecular weight excluding hydrogens is 114 g/mol. The Hall–Kier alpha value is -0.700. The summed E-state index contributed by atoms with van der Waals surface area (Å²) in [5.41, 5.74) is 7.27. The van der Waals surface area contributed by atoms with E-state index in [4.69, 9.17) is 0 Å². The van der Waals surface area contributed by atoms with Crippen molar-refractivity contribution in [3.63, 3.8) is 0 Å². The van der Waals surface area contributed by atoms with Crippen LogP contribution < -0.4 is 10.9 Å². The molecule has 0 amide bonds. The van der Waals surface area contributed by atoms with Gasteiger partial charge in [0.05, 0.1) is 6.17 Å². The maximum atomic E-state index is 3.06. The molecule has 0 aromatic heterocycles. The molecule has 0 aliphatic carbocycles. The topological polar surface area (TPSA) is 27.3 Å². The largest absolute Gasteiger partial charge is 0.360 e. The monoisotopic (exact) mass is 127 g/mol. The maximum absolute atomic E-state index is 3.06. The summed E-state index contributed by atoms with van der Waals surface area (Å²) in [6.45, 7) is 4.17. The molecular formula is C6H13N3. The molecule has 2 N–H and O–H groups in total. The van der Waals surface area contributed by atoms with Gasteiger partial charge < -0.3 is 10.3 Å². The van der Waals surface area contributed by atoms with Gasteiger partial charge in [-0.1, -0.05) is 0 Å². The minimum absolute atomic E-state index is 0.384. The van der Waals surface area contributed by atoms with Gasteiger partial charge in [-0.05, 0) is 13.8 Å². The van der Waals surface area contributed by atoms with Gasteiger partial charge in [0.2, 0.25) is 0 Å². The van der Waals surface area contributed by atoms with Crippen molar-refractivity contribution in [2.45, 2.75) is 20.0 Å². The molecule has 1 atom stereocenters. The lowest BCUT2D eigenvalue weighted by Gasteiger charge is -2.32. The number of allylic oxidation sites excluding steroid dienone is 1. The van der Waals surface area contributed by atoms with Crippen LogP contribution >= 0.6 is 0 Å². The Balaban J connectivity index is 2.62. The number of rotatable bonds is 0. The van der Waals surface area contributed by atoms with Crippen molar-refractivity contribution < 1.29 is 0 Å². The van der Waals surface area contributed by atoms with E-state index in [0.717, 1.165) is 0 Å². The van der Waals surface area contributed by atoms with Crippen LogP contribution in [0.3, 0.4) is 0 Å². The summed E-state index contributed by atoms with van der Waals surface area (Å²) in [4.78, 5) is 2.16. The zero-order valence-electron chi connectivity index (χ0n) is 6.10. The van der Waals surface area contributed by atoms with E-state index in [1.807, 2.05) is 6.20 Å². The highest BCUT2D eigenvalue weighted by Crippen LogP contribution is 2.04. The number of nitrogens with one attached hydrogen (secondary N) is 2. The van der Waals surface area contributed by atoms with Crippen LogP contribution in [0.4, 0.5) is 0 Å². The average Bonchev–Trinajstić information content (AvgIpc) is 1.83. The smallest absolute Gasteiger partial charge is 0.0932 e. The predicted molar refractivity (Wildman–Crippen MR) is 37.3 cm³/mol. The number of hydrogen-bond donors (Lipinski definition) is 2. The molecule has 0 saturated carbocycles. The van der Waals surface area contributed by atoms with E-state index in [0.29, 0.717) is 6.17 Å². The summed E-state index contributed by atoms with van der Waals surface area (Å²) >= 11 is 0. The fourth-order valence-corrected chi connectivity index (χ4v) is 0.771. The molecule has 0 bridgehead atoms. The minimum Gasteiger partial charge on any atom is -0.360 e. The predicted octanol–water partition coefficient (Wildman–Crippen LogP) is 0.233. The second-order valence-electron chi connectivity index (χ2n) is 2.36. The maximum Gasteiger partial charge on any atom is 0.0932 e. The quantitative estimate of drug-likeness (QED) is 0.488. The highest BCUT2D eigenvalue weighted by Gasteiger charge is 2.10. The third-order valence-electron chi connectivity index (χ3n) is 1.71.